The van der Waals surface area contributed by atoms with Gasteiger partial charge in [-0.1, -0.05) is 0 Å². The van der Waals surface area contributed by atoms with Crippen molar-refractivity contribution >= 4 is 44.5 Å². The molecule has 1 N–H and O–H groups in total. The van der Waals surface area contributed by atoms with E-state index in [0.717, 1.165) is 39.7 Å². The summed E-state index contributed by atoms with van der Waals surface area (Å²) in [5.74, 6) is 0.474. The van der Waals surface area contributed by atoms with Gasteiger partial charge in [-0.2, -0.15) is 0 Å². The van der Waals surface area contributed by atoms with E-state index in [4.69, 9.17) is 9.47 Å². The molecular formula is C19H22N4O3S2. The van der Waals surface area contributed by atoms with Crippen LogP contribution in [-0.4, -0.2) is 49.3 Å². The highest BCUT2D eigenvalue weighted by atomic mass is 32.1. The van der Waals surface area contributed by atoms with E-state index in [9.17, 15) is 4.79 Å². The number of morpholine rings is 1. The molecule has 148 valence electrons. The fourth-order valence-electron chi connectivity index (χ4n) is 3.18. The number of nitrogens with one attached hydrogen (secondary N) is 1. The Morgan fingerprint density at radius 1 is 1.32 bits per heavy atom. The van der Waals surface area contributed by atoms with E-state index in [-0.39, 0.29) is 11.9 Å². The van der Waals surface area contributed by atoms with Crippen LogP contribution in [0.3, 0.4) is 0 Å². The average molecular weight is 419 g/mol. The molecule has 0 radical (unpaired) electrons. The number of methoxy groups -OCH3 is 1. The van der Waals surface area contributed by atoms with Crippen LogP contribution < -0.4 is 15.0 Å². The number of fused-ring (bicyclic) bond motifs is 1. The van der Waals surface area contributed by atoms with Gasteiger partial charge in [0.25, 0.3) is 5.91 Å². The summed E-state index contributed by atoms with van der Waals surface area (Å²) in [4.78, 5) is 24.1. The van der Waals surface area contributed by atoms with Gasteiger partial charge >= 0.3 is 0 Å². The van der Waals surface area contributed by atoms with Gasteiger partial charge in [0.1, 0.15) is 16.3 Å². The number of ether oxygens (including phenoxy) is 2. The van der Waals surface area contributed by atoms with Crippen LogP contribution in [0, 0.1) is 6.92 Å². The zero-order valence-electron chi connectivity index (χ0n) is 16.0. The van der Waals surface area contributed by atoms with Crippen LogP contribution in [0.5, 0.6) is 5.75 Å². The molecule has 0 saturated carbocycles. The van der Waals surface area contributed by atoms with E-state index in [0.29, 0.717) is 24.0 Å². The third-order valence-corrected chi connectivity index (χ3v) is 6.83. The van der Waals surface area contributed by atoms with Crippen molar-refractivity contribution in [2.45, 2.75) is 19.9 Å². The van der Waals surface area contributed by atoms with Crippen molar-refractivity contribution in [3.05, 3.63) is 33.2 Å². The molecule has 1 fully saturated rings. The summed E-state index contributed by atoms with van der Waals surface area (Å²) >= 11 is 2.94. The molecule has 2 aromatic heterocycles. The number of benzene rings is 1. The van der Waals surface area contributed by atoms with Crippen LogP contribution in [0.4, 0.5) is 5.69 Å². The summed E-state index contributed by atoms with van der Waals surface area (Å²) in [6.07, 6.45) is 0. The maximum Gasteiger partial charge on any atom is 0.280 e. The summed E-state index contributed by atoms with van der Waals surface area (Å²) in [5, 5.41) is 6.30. The maximum atomic E-state index is 12.8. The Morgan fingerprint density at radius 2 is 2.11 bits per heavy atom. The highest BCUT2D eigenvalue weighted by molar-refractivity contribution is 7.21. The molecule has 3 heterocycles. The number of hydrogen-bond acceptors (Lipinski definition) is 8. The number of aromatic nitrogens is 2. The van der Waals surface area contributed by atoms with Crippen molar-refractivity contribution in [1.29, 1.82) is 0 Å². The van der Waals surface area contributed by atoms with E-state index in [1.165, 1.54) is 11.3 Å². The van der Waals surface area contributed by atoms with Crippen molar-refractivity contribution < 1.29 is 14.3 Å². The predicted octanol–water partition coefficient (Wildman–Crippen LogP) is 3.40. The Morgan fingerprint density at radius 3 is 2.79 bits per heavy atom. The summed E-state index contributed by atoms with van der Waals surface area (Å²) < 4.78 is 11.9. The van der Waals surface area contributed by atoms with Gasteiger partial charge in [-0.15, -0.1) is 22.7 Å². The molecule has 28 heavy (non-hydrogen) atoms. The summed E-state index contributed by atoms with van der Waals surface area (Å²) in [6.45, 7) is 6.92. The highest BCUT2D eigenvalue weighted by Gasteiger charge is 2.22. The van der Waals surface area contributed by atoms with Gasteiger partial charge in [0.2, 0.25) is 0 Å². The number of rotatable bonds is 5. The molecule has 0 bridgehead atoms. The van der Waals surface area contributed by atoms with E-state index in [1.54, 1.807) is 18.4 Å². The Balaban J connectivity index is 1.64. The molecule has 1 aliphatic rings. The first kappa shape index (κ1) is 19.1. The largest absolute Gasteiger partial charge is 0.494 e. The lowest BCUT2D eigenvalue weighted by atomic mass is 10.2. The van der Waals surface area contributed by atoms with Crippen LogP contribution in [0.2, 0.25) is 0 Å². The Labute approximate surface area is 171 Å². The van der Waals surface area contributed by atoms with Crippen LogP contribution >= 0.6 is 22.7 Å². The van der Waals surface area contributed by atoms with Crippen LogP contribution in [-0.2, 0) is 4.74 Å². The van der Waals surface area contributed by atoms with Gasteiger partial charge in [0, 0.05) is 24.2 Å². The van der Waals surface area contributed by atoms with Crippen molar-refractivity contribution in [3.63, 3.8) is 0 Å². The number of carbonyl (C=O) groups is 1. The first-order valence-corrected chi connectivity index (χ1v) is 10.8. The highest BCUT2D eigenvalue weighted by Crippen LogP contribution is 2.38. The lowest BCUT2D eigenvalue weighted by Gasteiger charge is -2.29. The molecule has 1 amide bonds. The zero-order chi connectivity index (χ0) is 19.7. The van der Waals surface area contributed by atoms with Gasteiger partial charge in [0.15, 0.2) is 5.01 Å². The fraction of sp³-hybridized carbons (Fsp3) is 0.421. The minimum absolute atomic E-state index is 0.168. The van der Waals surface area contributed by atoms with Crippen molar-refractivity contribution in [3.8, 4) is 5.75 Å². The van der Waals surface area contributed by atoms with Crippen molar-refractivity contribution in [2.75, 3.05) is 38.3 Å². The molecule has 1 aromatic carbocycles. The molecule has 0 aliphatic carbocycles. The normalized spacial score (nSPS) is 15.6. The van der Waals surface area contributed by atoms with Gasteiger partial charge < -0.3 is 19.7 Å². The number of carbonyl (C=O) groups excluding carboxylic acids is 1. The monoisotopic (exact) mass is 418 g/mol. The molecule has 1 atom stereocenters. The number of anilines is 1. The van der Waals surface area contributed by atoms with Gasteiger partial charge in [0.05, 0.1) is 36.8 Å². The van der Waals surface area contributed by atoms with Crippen LogP contribution in [0.15, 0.2) is 17.5 Å². The average Bonchev–Trinajstić information content (AvgIpc) is 3.34. The second-order valence-electron chi connectivity index (χ2n) is 6.61. The Kier molecular flexibility index (Phi) is 5.47. The van der Waals surface area contributed by atoms with E-state index >= 15 is 0 Å². The van der Waals surface area contributed by atoms with Crippen molar-refractivity contribution in [2.24, 2.45) is 0 Å². The predicted molar refractivity (Wildman–Crippen MR) is 112 cm³/mol. The number of nitrogens with zero attached hydrogens (tertiary/aromatic N) is 3. The van der Waals surface area contributed by atoms with Gasteiger partial charge in [-0.3, -0.25) is 4.79 Å². The third kappa shape index (κ3) is 3.69. The molecular weight excluding hydrogens is 396 g/mol. The van der Waals surface area contributed by atoms with E-state index in [2.05, 4.69) is 20.2 Å². The second-order valence-corrected chi connectivity index (χ2v) is 8.49. The summed E-state index contributed by atoms with van der Waals surface area (Å²) in [6, 6.07) is 3.78. The number of amides is 1. The molecule has 1 unspecified atom stereocenters. The molecule has 1 saturated heterocycles. The topological polar surface area (TPSA) is 76.6 Å². The molecule has 1 aliphatic heterocycles. The lowest BCUT2D eigenvalue weighted by Crippen LogP contribution is -2.36. The second kappa shape index (κ2) is 8.02. The number of thiazole rings is 2. The van der Waals surface area contributed by atoms with E-state index in [1.807, 2.05) is 31.4 Å². The third-order valence-electron chi connectivity index (χ3n) is 4.61. The smallest absolute Gasteiger partial charge is 0.280 e. The minimum atomic E-state index is -0.198. The maximum absolute atomic E-state index is 12.8. The molecule has 9 heteroatoms. The Bertz CT molecular complexity index is 994. The molecule has 3 aromatic rings. The summed E-state index contributed by atoms with van der Waals surface area (Å²) in [7, 11) is 1.62. The quantitative estimate of drug-likeness (QED) is 0.684. The zero-order valence-corrected chi connectivity index (χ0v) is 17.7. The minimum Gasteiger partial charge on any atom is -0.494 e. The van der Waals surface area contributed by atoms with Gasteiger partial charge in [-0.25, -0.2) is 9.97 Å². The molecule has 7 nitrogen and oxygen atoms in total. The van der Waals surface area contributed by atoms with Gasteiger partial charge in [-0.05, 0) is 26.0 Å². The Hall–Kier alpha value is -2.23. The van der Waals surface area contributed by atoms with Crippen molar-refractivity contribution in [1.82, 2.24) is 15.3 Å². The molecule has 4 rings (SSSR count). The number of aryl methyl sites for hydroxylation is 1. The lowest BCUT2D eigenvalue weighted by molar-refractivity contribution is 0.0939. The van der Waals surface area contributed by atoms with Crippen LogP contribution in [0.1, 0.15) is 33.5 Å². The SMILES string of the molecule is COc1ccc(N2CCOCC2)c2sc(C(=O)NC(C)c3nc(C)cs3)nc12. The molecule has 0 spiro atoms. The van der Waals surface area contributed by atoms with Crippen LogP contribution in [0.25, 0.3) is 10.2 Å². The first-order valence-electron chi connectivity index (χ1n) is 9.10. The first-order chi connectivity index (χ1) is 13.6. The standard InChI is InChI=1S/C19H22N4O3S2/c1-11-10-27-18(20-11)12(2)21-17(24)19-22-15-14(25-3)5-4-13(16(15)28-19)23-6-8-26-9-7-23/h4-5,10,12H,6-9H2,1-3H3,(H,21,24). The number of hydrogen-bond donors (Lipinski definition) is 1. The fourth-order valence-corrected chi connectivity index (χ4v) is 5.01. The van der Waals surface area contributed by atoms with E-state index < -0.39 is 0 Å². The summed E-state index contributed by atoms with van der Waals surface area (Å²) in [5.41, 5.74) is 2.75.